The molecule has 0 spiro atoms. The lowest BCUT2D eigenvalue weighted by Crippen LogP contribution is -1.88. The lowest BCUT2D eigenvalue weighted by Gasteiger charge is -1.97. The molecule has 0 radical (unpaired) electrons. The van der Waals surface area contributed by atoms with Crippen LogP contribution in [-0.2, 0) is 0 Å². The molecule has 0 aromatic carbocycles. The second kappa shape index (κ2) is 3.35. The van der Waals surface area contributed by atoms with Gasteiger partial charge in [-0.25, -0.2) is 4.98 Å². The second-order valence-corrected chi connectivity index (χ2v) is 4.17. The number of thiazole rings is 1. The average molecular weight is 215 g/mol. The Labute approximate surface area is 84.0 Å². The topological polar surface area (TPSA) is 53.6 Å². The zero-order chi connectivity index (χ0) is 9.26. The Morgan fingerprint density at radius 3 is 2.92 bits per heavy atom. The number of nitrogens with zero attached hydrogens (tertiary/aromatic N) is 2. The molecule has 0 atom stereocenters. The predicted molar refractivity (Wildman–Crippen MR) is 53.7 cm³/mol. The first kappa shape index (κ1) is 8.52. The van der Waals surface area contributed by atoms with Crippen molar-refractivity contribution in [2.75, 3.05) is 5.32 Å². The number of hydrogen-bond donors (Lipinski definition) is 2. The molecule has 0 amide bonds. The van der Waals surface area contributed by atoms with Crippen molar-refractivity contribution in [2.24, 2.45) is 0 Å². The summed E-state index contributed by atoms with van der Waals surface area (Å²) in [7, 11) is 0. The van der Waals surface area contributed by atoms with E-state index in [0.717, 1.165) is 16.5 Å². The van der Waals surface area contributed by atoms with Crippen molar-refractivity contribution in [3.63, 3.8) is 0 Å². The second-order valence-electron chi connectivity index (χ2n) is 2.50. The highest BCUT2D eigenvalue weighted by Crippen LogP contribution is 2.26. The molecular formula is C7H7ClN4S. The van der Waals surface area contributed by atoms with Gasteiger partial charge in [-0.2, -0.15) is 5.10 Å². The lowest BCUT2D eigenvalue weighted by molar-refractivity contribution is 1.05. The number of nitrogens with one attached hydrogen (secondary N) is 2. The first-order valence-electron chi connectivity index (χ1n) is 3.64. The lowest BCUT2D eigenvalue weighted by atomic mass is 10.4. The van der Waals surface area contributed by atoms with Crippen LogP contribution in [0.5, 0.6) is 0 Å². The van der Waals surface area contributed by atoms with Gasteiger partial charge in [0.15, 0.2) is 5.13 Å². The zero-order valence-corrected chi connectivity index (χ0v) is 8.41. The van der Waals surface area contributed by atoms with E-state index in [4.69, 9.17) is 11.6 Å². The maximum absolute atomic E-state index is 5.73. The molecular weight excluding hydrogens is 208 g/mol. The summed E-state index contributed by atoms with van der Waals surface area (Å²) in [5.74, 6) is 0. The van der Waals surface area contributed by atoms with Crippen LogP contribution in [0.25, 0.3) is 0 Å². The number of aromatic amines is 1. The Morgan fingerprint density at radius 2 is 2.38 bits per heavy atom. The summed E-state index contributed by atoms with van der Waals surface area (Å²) >= 11 is 7.13. The van der Waals surface area contributed by atoms with Crippen LogP contribution >= 0.6 is 22.9 Å². The van der Waals surface area contributed by atoms with Crippen LogP contribution in [0.15, 0.2) is 12.4 Å². The first-order valence-corrected chi connectivity index (χ1v) is 4.83. The van der Waals surface area contributed by atoms with Gasteiger partial charge in [0.25, 0.3) is 0 Å². The summed E-state index contributed by atoms with van der Waals surface area (Å²) in [6.07, 6.45) is 3.33. The van der Waals surface area contributed by atoms with Gasteiger partial charge in [-0.05, 0) is 6.92 Å². The van der Waals surface area contributed by atoms with Crippen molar-refractivity contribution in [1.82, 2.24) is 15.2 Å². The first-order chi connectivity index (χ1) is 6.25. The molecule has 2 heterocycles. The molecule has 0 saturated carbocycles. The molecule has 0 aliphatic carbocycles. The summed E-state index contributed by atoms with van der Waals surface area (Å²) in [5.41, 5.74) is 1.90. The number of anilines is 2. The molecule has 6 heteroatoms. The quantitative estimate of drug-likeness (QED) is 0.808. The standard InChI is InChI=1S/C7H7ClN4S/c1-4-5(2-10-12-4)11-7-9-3-6(8)13-7/h2-3H,1H3,(H,9,11)(H,10,12). The van der Waals surface area contributed by atoms with Crippen molar-refractivity contribution < 1.29 is 0 Å². The third-order valence-corrected chi connectivity index (χ3v) is 2.58. The van der Waals surface area contributed by atoms with E-state index in [-0.39, 0.29) is 0 Å². The Morgan fingerprint density at radius 1 is 1.54 bits per heavy atom. The Bertz CT molecular complexity index is 408. The average Bonchev–Trinajstić information content (AvgIpc) is 2.64. The molecule has 4 nitrogen and oxygen atoms in total. The van der Waals surface area contributed by atoms with Gasteiger partial charge < -0.3 is 5.32 Å². The molecule has 2 aromatic rings. The fourth-order valence-electron chi connectivity index (χ4n) is 0.904. The van der Waals surface area contributed by atoms with E-state index in [2.05, 4.69) is 20.5 Å². The minimum atomic E-state index is 0.670. The highest BCUT2D eigenvalue weighted by atomic mass is 35.5. The van der Waals surface area contributed by atoms with Crippen molar-refractivity contribution >= 4 is 33.8 Å². The molecule has 0 saturated heterocycles. The summed E-state index contributed by atoms with van der Waals surface area (Å²) in [5, 5.41) is 10.6. The molecule has 0 bridgehead atoms. The van der Waals surface area contributed by atoms with E-state index < -0.39 is 0 Å². The van der Waals surface area contributed by atoms with Gasteiger partial charge in [0.1, 0.15) is 4.34 Å². The highest BCUT2D eigenvalue weighted by molar-refractivity contribution is 7.19. The van der Waals surface area contributed by atoms with Crippen molar-refractivity contribution in [3.8, 4) is 0 Å². The largest absolute Gasteiger partial charge is 0.329 e. The van der Waals surface area contributed by atoms with E-state index >= 15 is 0 Å². The van der Waals surface area contributed by atoms with E-state index in [9.17, 15) is 0 Å². The van der Waals surface area contributed by atoms with Crippen LogP contribution in [0.2, 0.25) is 4.34 Å². The number of hydrogen-bond acceptors (Lipinski definition) is 4. The van der Waals surface area contributed by atoms with Gasteiger partial charge in [0, 0.05) is 0 Å². The van der Waals surface area contributed by atoms with Crippen LogP contribution in [0.4, 0.5) is 10.8 Å². The SMILES string of the molecule is Cc1[nH]ncc1Nc1ncc(Cl)s1. The maximum atomic E-state index is 5.73. The molecule has 0 unspecified atom stereocenters. The van der Waals surface area contributed by atoms with Crippen LogP contribution in [0.1, 0.15) is 5.69 Å². The van der Waals surface area contributed by atoms with Gasteiger partial charge in [-0.15, -0.1) is 0 Å². The van der Waals surface area contributed by atoms with Crippen LogP contribution < -0.4 is 5.32 Å². The number of halogens is 1. The van der Waals surface area contributed by atoms with E-state index in [1.54, 1.807) is 12.4 Å². The highest BCUT2D eigenvalue weighted by Gasteiger charge is 2.03. The molecule has 68 valence electrons. The zero-order valence-electron chi connectivity index (χ0n) is 6.84. The van der Waals surface area contributed by atoms with E-state index in [1.807, 2.05) is 6.92 Å². The van der Waals surface area contributed by atoms with Gasteiger partial charge in [0.2, 0.25) is 0 Å². The molecule has 2 aromatic heterocycles. The van der Waals surface area contributed by atoms with E-state index in [0.29, 0.717) is 4.34 Å². The summed E-state index contributed by atoms with van der Waals surface area (Å²) < 4.78 is 0.670. The minimum Gasteiger partial charge on any atom is -0.329 e. The Balaban J connectivity index is 2.19. The number of rotatable bonds is 2. The molecule has 0 fully saturated rings. The summed E-state index contributed by atoms with van der Waals surface area (Å²) in [6.45, 7) is 1.94. The number of aromatic nitrogens is 3. The van der Waals surface area contributed by atoms with Gasteiger partial charge in [0.05, 0.1) is 23.8 Å². The number of H-pyrrole nitrogens is 1. The van der Waals surface area contributed by atoms with Crippen LogP contribution in [0, 0.1) is 6.92 Å². The van der Waals surface area contributed by atoms with Crippen LogP contribution in [-0.4, -0.2) is 15.2 Å². The van der Waals surface area contributed by atoms with Crippen molar-refractivity contribution in [2.45, 2.75) is 6.92 Å². The summed E-state index contributed by atoms with van der Waals surface area (Å²) in [6, 6.07) is 0. The maximum Gasteiger partial charge on any atom is 0.188 e. The number of aryl methyl sites for hydroxylation is 1. The predicted octanol–water partition coefficient (Wildman–Crippen LogP) is 2.57. The monoisotopic (exact) mass is 214 g/mol. The molecule has 0 aliphatic rings. The molecule has 2 rings (SSSR count). The molecule has 2 N–H and O–H groups in total. The normalized spacial score (nSPS) is 10.3. The molecule has 0 aliphatic heterocycles. The fourth-order valence-corrected chi connectivity index (χ4v) is 1.73. The third kappa shape index (κ3) is 1.81. The summed E-state index contributed by atoms with van der Waals surface area (Å²) in [4.78, 5) is 4.07. The van der Waals surface area contributed by atoms with Crippen LogP contribution in [0.3, 0.4) is 0 Å². The Hall–Kier alpha value is -1.07. The third-order valence-electron chi connectivity index (χ3n) is 1.55. The Kier molecular flexibility index (Phi) is 2.20. The van der Waals surface area contributed by atoms with Crippen molar-refractivity contribution in [3.05, 3.63) is 22.4 Å². The van der Waals surface area contributed by atoms with Gasteiger partial charge in [-0.3, -0.25) is 5.10 Å². The van der Waals surface area contributed by atoms with Crippen molar-refractivity contribution in [1.29, 1.82) is 0 Å². The minimum absolute atomic E-state index is 0.670. The smallest absolute Gasteiger partial charge is 0.188 e. The van der Waals surface area contributed by atoms with Gasteiger partial charge >= 0.3 is 0 Å². The fraction of sp³-hybridized carbons (Fsp3) is 0.143. The van der Waals surface area contributed by atoms with Gasteiger partial charge in [-0.1, -0.05) is 22.9 Å². The van der Waals surface area contributed by atoms with E-state index in [1.165, 1.54) is 11.3 Å². The molecule has 13 heavy (non-hydrogen) atoms.